The average molecular weight is 277 g/mol. The van der Waals surface area contributed by atoms with Crippen molar-refractivity contribution in [2.75, 3.05) is 0 Å². The molecule has 0 amide bonds. The lowest BCUT2D eigenvalue weighted by atomic mass is 10.0. The molecule has 0 saturated carbocycles. The lowest BCUT2D eigenvalue weighted by Gasteiger charge is -2.02. The highest BCUT2D eigenvalue weighted by molar-refractivity contribution is 5.23. The predicted octanol–water partition coefficient (Wildman–Crippen LogP) is 3.57. The summed E-state index contributed by atoms with van der Waals surface area (Å²) in [6, 6.07) is 21.0. The minimum absolute atomic E-state index is 0.845. The van der Waals surface area contributed by atoms with Gasteiger partial charge in [0.1, 0.15) is 0 Å². The summed E-state index contributed by atoms with van der Waals surface area (Å²) in [5, 5.41) is 11.4. The summed E-state index contributed by atoms with van der Waals surface area (Å²) in [4.78, 5) is 0. The van der Waals surface area contributed by atoms with Crippen LogP contribution < -0.4 is 0 Å². The quantitative estimate of drug-likeness (QED) is 0.748. The standard InChI is InChI=1S/C18H19N3/c1-3-8-15(9-4-1)12-7-13-17-18(20-21-19-17)14-16-10-5-2-6-11-16/h1-6,8-11H,7,12-14H2,(H,19,20,21). The fraction of sp³-hybridized carbons (Fsp3) is 0.222. The molecule has 21 heavy (non-hydrogen) atoms. The molecular formula is C18H19N3. The topological polar surface area (TPSA) is 41.6 Å². The van der Waals surface area contributed by atoms with E-state index in [1.807, 2.05) is 6.07 Å². The maximum absolute atomic E-state index is 4.31. The van der Waals surface area contributed by atoms with Crippen LogP contribution in [0.2, 0.25) is 0 Å². The highest BCUT2D eigenvalue weighted by Gasteiger charge is 2.08. The van der Waals surface area contributed by atoms with E-state index in [2.05, 4.69) is 70.0 Å². The van der Waals surface area contributed by atoms with E-state index in [4.69, 9.17) is 0 Å². The van der Waals surface area contributed by atoms with Crippen molar-refractivity contribution in [1.82, 2.24) is 15.4 Å². The van der Waals surface area contributed by atoms with Gasteiger partial charge in [0, 0.05) is 6.42 Å². The third-order valence-electron chi connectivity index (χ3n) is 3.64. The number of nitrogens with zero attached hydrogens (tertiary/aromatic N) is 2. The molecule has 0 saturated heterocycles. The fourth-order valence-electron chi connectivity index (χ4n) is 2.51. The minimum Gasteiger partial charge on any atom is -0.197 e. The van der Waals surface area contributed by atoms with Crippen LogP contribution in [0.5, 0.6) is 0 Å². The summed E-state index contributed by atoms with van der Waals surface area (Å²) in [6.07, 6.45) is 3.99. The second-order valence-corrected chi connectivity index (χ2v) is 5.22. The smallest absolute Gasteiger partial charge is 0.0900 e. The largest absolute Gasteiger partial charge is 0.197 e. The first-order valence-corrected chi connectivity index (χ1v) is 7.38. The maximum Gasteiger partial charge on any atom is 0.0900 e. The number of aromatic amines is 1. The van der Waals surface area contributed by atoms with E-state index in [1.165, 1.54) is 11.1 Å². The van der Waals surface area contributed by atoms with Gasteiger partial charge in [-0.05, 0) is 30.4 Å². The van der Waals surface area contributed by atoms with Gasteiger partial charge in [-0.15, -0.1) is 0 Å². The summed E-state index contributed by atoms with van der Waals surface area (Å²) in [6.45, 7) is 0. The van der Waals surface area contributed by atoms with E-state index in [0.717, 1.165) is 37.1 Å². The maximum atomic E-state index is 4.31. The molecule has 3 rings (SSSR count). The lowest BCUT2D eigenvalue weighted by Crippen LogP contribution is -1.97. The Bertz CT molecular complexity index is 659. The normalized spacial score (nSPS) is 10.7. The molecule has 3 aromatic rings. The first-order chi connectivity index (χ1) is 10.4. The van der Waals surface area contributed by atoms with Crippen molar-refractivity contribution in [2.45, 2.75) is 25.7 Å². The van der Waals surface area contributed by atoms with Crippen LogP contribution in [0.1, 0.15) is 28.9 Å². The monoisotopic (exact) mass is 277 g/mol. The van der Waals surface area contributed by atoms with Crippen molar-refractivity contribution in [3.05, 3.63) is 83.2 Å². The Morgan fingerprint density at radius 1 is 0.667 bits per heavy atom. The minimum atomic E-state index is 0.845. The van der Waals surface area contributed by atoms with Gasteiger partial charge in [0.25, 0.3) is 0 Å². The molecule has 106 valence electrons. The van der Waals surface area contributed by atoms with Crippen molar-refractivity contribution >= 4 is 0 Å². The van der Waals surface area contributed by atoms with Crippen molar-refractivity contribution in [3.63, 3.8) is 0 Å². The zero-order valence-corrected chi connectivity index (χ0v) is 12.0. The van der Waals surface area contributed by atoms with Crippen LogP contribution >= 0.6 is 0 Å². The number of hydrogen-bond acceptors (Lipinski definition) is 2. The molecule has 2 aromatic carbocycles. The molecule has 0 radical (unpaired) electrons. The molecule has 1 aromatic heterocycles. The second-order valence-electron chi connectivity index (χ2n) is 5.22. The number of hydrogen-bond donors (Lipinski definition) is 1. The van der Waals surface area contributed by atoms with Gasteiger partial charge in [-0.3, -0.25) is 0 Å². The molecule has 0 aliphatic heterocycles. The third kappa shape index (κ3) is 3.78. The van der Waals surface area contributed by atoms with Gasteiger partial charge in [-0.2, -0.15) is 15.4 Å². The van der Waals surface area contributed by atoms with Crippen molar-refractivity contribution in [2.24, 2.45) is 0 Å². The zero-order valence-electron chi connectivity index (χ0n) is 12.0. The highest BCUT2D eigenvalue weighted by Crippen LogP contribution is 2.12. The molecule has 1 N–H and O–H groups in total. The SMILES string of the molecule is c1ccc(CCCc2n[nH]nc2Cc2ccccc2)cc1. The Balaban J connectivity index is 1.58. The first kappa shape index (κ1) is 13.6. The third-order valence-corrected chi connectivity index (χ3v) is 3.64. The summed E-state index contributed by atoms with van der Waals surface area (Å²) in [7, 11) is 0. The van der Waals surface area contributed by atoms with Crippen LogP contribution in [0.25, 0.3) is 0 Å². The number of H-pyrrole nitrogens is 1. The van der Waals surface area contributed by atoms with E-state index in [9.17, 15) is 0 Å². The molecule has 3 nitrogen and oxygen atoms in total. The average Bonchev–Trinajstić information content (AvgIpc) is 2.97. The van der Waals surface area contributed by atoms with E-state index >= 15 is 0 Å². The van der Waals surface area contributed by atoms with Crippen LogP contribution in [0.3, 0.4) is 0 Å². The summed E-state index contributed by atoms with van der Waals surface area (Å²) in [5.74, 6) is 0. The van der Waals surface area contributed by atoms with Crippen molar-refractivity contribution in [1.29, 1.82) is 0 Å². The number of aryl methyl sites for hydroxylation is 2. The van der Waals surface area contributed by atoms with E-state index < -0.39 is 0 Å². The Morgan fingerprint density at radius 2 is 1.29 bits per heavy atom. The molecule has 0 fully saturated rings. The molecule has 0 atom stereocenters. The molecule has 0 aliphatic carbocycles. The molecule has 0 unspecified atom stereocenters. The summed E-state index contributed by atoms with van der Waals surface area (Å²) in [5.41, 5.74) is 4.81. The highest BCUT2D eigenvalue weighted by atomic mass is 15.3. The van der Waals surface area contributed by atoms with E-state index in [1.54, 1.807) is 0 Å². The summed E-state index contributed by atoms with van der Waals surface area (Å²) >= 11 is 0. The van der Waals surface area contributed by atoms with Gasteiger partial charge in [0.15, 0.2) is 0 Å². The van der Waals surface area contributed by atoms with Gasteiger partial charge in [-0.25, -0.2) is 0 Å². The van der Waals surface area contributed by atoms with Crippen LogP contribution in [-0.4, -0.2) is 15.4 Å². The van der Waals surface area contributed by atoms with Crippen molar-refractivity contribution < 1.29 is 0 Å². The molecule has 0 spiro atoms. The van der Waals surface area contributed by atoms with Gasteiger partial charge in [0.2, 0.25) is 0 Å². The first-order valence-electron chi connectivity index (χ1n) is 7.38. The van der Waals surface area contributed by atoms with Crippen LogP contribution in [0.15, 0.2) is 60.7 Å². The van der Waals surface area contributed by atoms with Crippen LogP contribution in [0, 0.1) is 0 Å². The molecule has 0 aliphatic rings. The number of aromatic nitrogens is 3. The number of nitrogens with one attached hydrogen (secondary N) is 1. The van der Waals surface area contributed by atoms with Crippen molar-refractivity contribution in [3.8, 4) is 0 Å². The Labute approximate surface area is 125 Å². The molecule has 3 heteroatoms. The van der Waals surface area contributed by atoms with Crippen LogP contribution in [0.4, 0.5) is 0 Å². The lowest BCUT2D eigenvalue weighted by molar-refractivity contribution is 0.786. The fourth-order valence-corrected chi connectivity index (χ4v) is 2.51. The summed E-state index contributed by atoms with van der Waals surface area (Å²) < 4.78 is 0. The number of benzene rings is 2. The van der Waals surface area contributed by atoms with Gasteiger partial charge < -0.3 is 0 Å². The molecule has 1 heterocycles. The second kappa shape index (κ2) is 6.84. The molecular weight excluding hydrogens is 258 g/mol. The molecule has 0 bridgehead atoms. The Hall–Kier alpha value is -2.42. The van der Waals surface area contributed by atoms with E-state index in [0.29, 0.717) is 0 Å². The van der Waals surface area contributed by atoms with Gasteiger partial charge >= 0.3 is 0 Å². The van der Waals surface area contributed by atoms with Crippen LogP contribution in [-0.2, 0) is 19.3 Å². The van der Waals surface area contributed by atoms with Gasteiger partial charge in [-0.1, -0.05) is 60.7 Å². The van der Waals surface area contributed by atoms with E-state index in [-0.39, 0.29) is 0 Å². The predicted molar refractivity (Wildman–Crippen MR) is 84.1 cm³/mol. The van der Waals surface area contributed by atoms with Gasteiger partial charge in [0.05, 0.1) is 11.4 Å². The Kier molecular flexibility index (Phi) is 4.42. The zero-order chi connectivity index (χ0) is 14.3. The number of rotatable bonds is 6. The Morgan fingerprint density at radius 3 is 2.00 bits per heavy atom.